The van der Waals surface area contributed by atoms with E-state index in [1.165, 1.54) is 6.92 Å². The Bertz CT molecular complexity index is 569. The highest BCUT2D eigenvalue weighted by Crippen LogP contribution is 2.17. The zero-order chi connectivity index (χ0) is 13.0. The lowest BCUT2D eigenvalue weighted by molar-refractivity contribution is 0.101. The Morgan fingerprint density at radius 2 is 2.11 bits per heavy atom. The minimum atomic E-state index is -0.0139. The number of ketones is 1. The van der Waals surface area contributed by atoms with E-state index in [-0.39, 0.29) is 5.78 Å². The SMILES string of the molecule is CC(=O)c1ccnc(OCc2ccccc2Cl)c1. The standard InChI is InChI=1S/C14H12ClNO2/c1-10(17)11-6-7-16-14(8-11)18-9-12-4-2-3-5-13(12)15/h2-8H,9H2,1H3. The molecule has 0 fully saturated rings. The fraction of sp³-hybridized carbons (Fsp3) is 0.143. The van der Waals surface area contributed by atoms with Gasteiger partial charge in [0.1, 0.15) is 6.61 Å². The number of hydrogen-bond donors (Lipinski definition) is 0. The van der Waals surface area contributed by atoms with Crippen molar-refractivity contribution in [3.63, 3.8) is 0 Å². The van der Waals surface area contributed by atoms with Crippen LogP contribution in [0.4, 0.5) is 0 Å². The third kappa shape index (κ3) is 3.08. The van der Waals surface area contributed by atoms with Gasteiger partial charge in [0.25, 0.3) is 0 Å². The van der Waals surface area contributed by atoms with Crippen LogP contribution in [0.5, 0.6) is 5.88 Å². The number of benzene rings is 1. The molecule has 2 rings (SSSR count). The molecule has 1 aromatic carbocycles. The lowest BCUT2D eigenvalue weighted by atomic mass is 10.2. The molecule has 92 valence electrons. The Morgan fingerprint density at radius 1 is 1.33 bits per heavy atom. The summed E-state index contributed by atoms with van der Waals surface area (Å²) in [6, 6.07) is 10.7. The first-order valence-corrected chi connectivity index (χ1v) is 5.88. The highest BCUT2D eigenvalue weighted by Gasteiger charge is 2.04. The van der Waals surface area contributed by atoms with Crippen LogP contribution >= 0.6 is 11.6 Å². The third-order valence-electron chi connectivity index (χ3n) is 2.47. The van der Waals surface area contributed by atoms with Gasteiger partial charge in [-0.15, -0.1) is 0 Å². The third-order valence-corrected chi connectivity index (χ3v) is 2.84. The van der Waals surface area contributed by atoms with E-state index in [0.717, 1.165) is 5.56 Å². The van der Waals surface area contributed by atoms with E-state index in [9.17, 15) is 4.79 Å². The Hall–Kier alpha value is -1.87. The maximum atomic E-state index is 11.2. The monoisotopic (exact) mass is 261 g/mol. The molecule has 1 heterocycles. The van der Waals surface area contributed by atoms with E-state index in [2.05, 4.69) is 4.98 Å². The number of pyridine rings is 1. The van der Waals surface area contributed by atoms with Gasteiger partial charge in [0.15, 0.2) is 5.78 Å². The Kier molecular flexibility index (Phi) is 3.95. The summed E-state index contributed by atoms with van der Waals surface area (Å²) in [5.74, 6) is 0.405. The Labute approximate surface area is 110 Å². The molecule has 2 aromatic rings. The minimum absolute atomic E-state index is 0.0139. The van der Waals surface area contributed by atoms with E-state index in [1.54, 1.807) is 24.4 Å². The largest absolute Gasteiger partial charge is 0.473 e. The Morgan fingerprint density at radius 3 is 2.83 bits per heavy atom. The zero-order valence-electron chi connectivity index (χ0n) is 9.89. The van der Waals surface area contributed by atoms with Gasteiger partial charge in [0, 0.05) is 28.4 Å². The van der Waals surface area contributed by atoms with Gasteiger partial charge in [0.2, 0.25) is 5.88 Å². The summed E-state index contributed by atoms with van der Waals surface area (Å²) in [4.78, 5) is 15.3. The predicted octanol–water partition coefficient (Wildman–Crippen LogP) is 3.52. The van der Waals surface area contributed by atoms with Crippen LogP contribution in [0.1, 0.15) is 22.8 Å². The van der Waals surface area contributed by atoms with Crippen molar-refractivity contribution in [2.75, 3.05) is 0 Å². The average Bonchev–Trinajstić information content (AvgIpc) is 2.38. The maximum absolute atomic E-state index is 11.2. The number of carbonyl (C=O) groups is 1. The summed E-state index contributed by atoms with van der Waals surface area (Å²) in [6.07, 6.45) is 1.55. The van der Waals surface area contributed by atoms with Gasteiger partial charge >= 0.3 is 0 Å². The number of nitrogens with zero attached hydrogens (tertiary/aromatic N) is 1. The predicted molar refractivity (Wildman–Crippen MR) is 70.0 cm³/mol. The van der Waals surface area contributed by atoms with Crippen molar-refractivity contribution >= 4 is 17.4 Å². The molecule has 0 aliphatic heterocycles. The van der Waals surface area contributed by atoms with Crippen molar-refractivity contribution in [1.29, 1.82) is 0 Å². The molecule has 0 amide bonds. The number of halogens is 1. The molecule has 0 aliphatic rings. The fourth-order valence-corrected chi connectivity index (χ4v) is 1.66. The summed E-state index contributed by atoms with van der Waals surface area (Å²) < 4.78 is 5.52. The van der Waals surface area contributed by atoms with Gasteiger partial charge in [0.05, 0.1) is 0 Å². The molecule has 4 heteroatoms. The van der Waals surface area contributed by atoms with Crippen LogP contribution in [0.25, 0.3) is 0 Å². The van der Waals surface area contributed by atoms with E-state index in [0.29, 0.717) is 23.1 Å². The van der Waals surface area contributed by atoms with Crippen LogP contribution in [-0.2, 0) is 6.61 Å². The van der Waals surface area contributed by atoms with Gasteiger partial charge in [-0.2, -0.15) is 0 Å². The smallest absolute Gasteiger partial charge is 0.214 e. The van der Waals surface area contributed by atoms with Crippen LogP contribution in [-0.4, -0.2) is 10.8 Å². The molecule has 3 nitrogen and oxygen atoms in total. The first-order valence-electron chi connectivity index (χ1n) is 5.50. The minimum Gasteiger partial charge on any atom is -0.473 e. The van der Waals surface area contributed by atoms with Crippen molar-refractivity contribution in [2.45, 2.75) is 13.5 Å². The lowest BCUT2D eigenvalue weighted by Crippen LogP contribution is -2.00. The normalized spacial score (nSPS) is 10.1. The van der Waals surface area contributed by atoms with E-state index >= 15 is 0 Å². The lowest BCUT2D eigenvalue weighted by Gasteiger charge is -2.07. The van der Waals surface area contributed by atoms with Crippen LogP contribution in [0.3, 0.4) is 0 Å². The quantitative estimate of drug-likeness (QED) is 0.791. The molecule has 18 heavy (non-hydrogen) atoms. The molecule has 0 unspecified atom stereocenters. The summed E-state index contributed by atoms with van der Waals surface area (Å²) in [5.41, 5.74) is 1.47. The number of carbonyl (C=O) groups excluding carboxylic acids is 1. The van der Waals surface area contributed by atoms with Crippen LogP contribution in [0.2, 0.25) is 5.02 Å². The number of Topliss-reactive ketones (excluding diaryl/α,β-unsaturated/α-hetero) is 1. The van der Waals surface area contributed by atoms with E-state index in [1.807, 2.05) is 18.2 Å². The molecule has 0 bridgehead atoms. The highest BCUT2D eigenvalue weighted by molar-refractivity contribution is 6.31. The first kappa shape index (κ1) is 12.6. The van der Waals surface area contributed by atoms with Crippen molar-refractivity contribution in [2.24, 2.45) is 0 Å². The van der Waals surface area contributed by atoms with Crippen molar-refractivity contribution < 1.29 is 9.53 Å². The van der Waals surface area contributed by atoms with Gasteiger partial charge in [-0.1, -0.05) is 29.8 Å². The maximum Gasteiger partial charge on any atom is 0.214 e. The van der Waals surface area contributed by atoms with Crippen LogP contribution < -0.4 is 4.74 Å². The van der Waals surface area contributed by atoms with Crippen LogP contribution in [0, 0.1) is 0 Å². The van der Waals surface area contributed by atoms with Crippen molar-refractivity contribution in [3.05, 3.63) is 58.7 Å². The molecular formula is C14H12ClNO2. The van der Waals surface area contributed by atoms with Gasteiger partial charge in [-0.05, 0) is 19.1 Å². The summed E-state index contributed by atoms with van der Waals surface area (Å²) in [6.45, 7) is 1.83. The summed E-state index contributed by atoms with van der Waals surface area (Å²) in [5, 5.41) is 0.653. The topological polar surface area (TPSA) is 39.2 Å². The van der Waals surface area contributed by atoms with Gasteiger partial charge < -0.3 is 4.74 Å². The average molecular weight is 262 g/mol. The molecule has 0 atom stereocenters. The van der Waals surface area contributed by atoms with E-state index in [4.69, 9.17) is 16.3 Å². The molecule has 1 aromatic heterocycles. The summed E-state index contributed by atoms with van der Waals surface area (Å²) in [7, 11) is 0. The molecule has 0 spiro atoms. The zero-order valence-corrected chi connectivity index (χ0v) is 10.6. The second kappa shape index (κ2) is 5.65. The molecule has 0 aliphatic carbocycles. The first-order chi connectivity index (χ1) is 8.66. The van der Waals surface area contributed by atoms with Crippen molar-refractivity contribution in [3.8, 4) is 5.88 Å². The second-order valence-electron chi connectivity index (χ2n) is 3.82. The number of ether oxygens (including phenoxy) is 1. The number of rotatable bonds is 4. The van der Waals surface area contributed by atoms with E-state index < -0.39 is 0 Å². The summed E-state index contributed by atoms with van der Waals surface area (Å²) >= 11 is 6.02. The second-order valence-corrected chi connectivity index (χ2v) is 4.23. The number of hydrogen-bond acceptors (Lipinski definition) is 3. The Balaban J connectivity index is 2.09. The molecule has 0 N–H and O–H groups in total. The molecule has 0 radical (unpaired) electrons. The van der Waals surface area contributed by atoms with Crippen LogP contribution in [0.15, 0.2) is 42.6 Å². The van der Waals surface area contributed by atoms with Gasteiger partial charge in [-0.3, -0.25) is 4.79 Å². The molecular weight excluding hydrogens is 250 g/mol. The number of aromatic nitrogens is 1. The molecule has 0 saturated heterocycles. The molecule has 0 saturated carbocycles. The van der Waals surface area contributed by atoms with Gasteiger partial charge in [-0.25, -0.2) is 4.98 Å². The van der Waals surface area contributed by atoms with Crippen molar-refractivity contribution in [1.82, 2.24) is 4.98 Å². The fourth-order valence-electron chi connectivity index (χ4n) is 1.47. The highest BCUT2D eigenvalue weighted by atomic mass is 35.5.